The van der Waals surface area contributed by atoms with Crippen molar-refractivity contribution in [1.29, 1.82) is 0 Å². The molecule has 0 aromatic carbocycles. The van der Waals surface area contributed by atoms with Gasteiger partial charge in [0.1, 0.15) is 9.84 Å². The summed E-state index contributed by atoms with van der Waals surface area (Å²) in [7, 11) is -2.92. The highest BCUT2D eigenvalue weighted by molar-refractivity contribution is 7.91. The first kappa shape index (κ1) is 15.4. The first-order valence-corrected chi connectivity index (χ1v) is 7.96. The first-order valence-electron chi connectivity index (χ1n) is 5.76. The van der Waals surface area contributed by atoms with Crippen molar-refractivity contribution in [3.63, 3.8) is 0 Å². The molecule has 0 aliphatic carbocycles. The van der Waals surface area contributed by atoms with Gasteiger partial charge in [-0.05, 0) is 25.0 Å². The van der Waals surface area contributed by atoms with Crippen LogP contribution in [-0.2, 0) is 9.84 Å². The van der Waals surface area contributed by atoms with Crippen LogP contribution in [0.1, 0.15) is 31.5 Å². The van der Waals surface area contributed by atoms with E-state index in [9.17, 15) is 8.42 Å². The number of nitrogens with two attached hydrogens (primary N) is 1. The van der Waals surface area contributed by atoms with Crippen molar-refractivity contribution in [1.82, 2.24) is 10.4 Å². The van der Waals surface area contributed by atoms with Gasteiger partial charge in [-0.3, -0.25) is 16.3 Å². The van der Waals surface area contributed by atoms with E-state index in [4.69, 9.17) is 17.4 Å². The Bertz CT molecular complexity index is 462. The molecule has 1 heterocycles. The molecule has 0 saturated heterocycles. The quantitative estimate of drug-likeness (QED) is 0.587. The SMILES string of the molecule is CCS(=O)(=O)CCCC(NN)c1ccc(Cl)cn1. The molecule has 1 aromatic rings. The smallest absolute Gasteiger partial charge is 0.150 e. The van der Waals surface area contributed by atoms with Gasteiger partial charge in [0.2, 0.25) is 0 Å². The zero-order chi connectivity index (χ0) is 13.6. The molecule has 0 spiro atoms. The Morgan fingerprint density at radius 1 is 1.50 bits per heavy atom. The minimum Gasteiger partial charge on any atom is -0.271 e. The molecular formula is C11H18ClN3O2S. The summed E-state index contributed by atoms with van der Waals surface area (Å²) < 4.78 is 22.7. The van der Waals surface area contributed by atoms with E-state index in [1.807, 2.05) is 0 Å². The maximum absolute atomic E-state index is 11.4. The molecule has 0 aliphatic rings. The molecule has 18 heavy (non-hydrogen) atoms. The number of aromatic nitrogens is 1. The third kappa shape index (κ3) is 4.89. The van der Waals surface area contributed by atoms with Crippen LogP contribution in [0.5, 0.6) is 0 Å². The average molecular weight is 292 g/mol. The third-order valence-electron chi connectivity index (χ3n) is 2.70. The first-order chi connectivity index (χ1) is 8.48. The molecule has 1 rings (SSSR count). The molecule has 1 aromatic heterocycles. The van der Waals surface area contributed by atoms with Crippen molar-refractivity contribution in [2.75, 3.05) is 11.5 Å². The molecule has 1 atom stereocenters. The van der Waals surface area contributed by atoms with Gasteiger partial charge in [0, 0.05) is 11.9 Å². The number of rotatable bonds is 7. The van der Waals surface area contributed by atoms with Gasteiger partial charge in [-0.2, -0.15) is 0 Å². The molecular weight excluding hydrogens is 274 g/mol. The minimum absolute atomic E-state index is 0.158. The largest absolute Gasteiger partial charge is 0.271 e. The topological polar surface area (TPSA) is 85.1 Å². The van der Waals surface area contributed by atoms with Crippen LogP contribution in [0, 0.1) is 0 Å². The monoisotopic (exact) mass is 291 g/mol. The third-order valence-corrected chi connectivity index (χ3v) is 4.71. The average Bonchev–Trinajstić information content (AvgIpc) is 2.36. The van der Waals surface area contributed by atoms with E-state index in [-0.39, 0.29) is 17.5 Å². The van der Waals surface area contributed by atoms with Crippen LogP contribution in [0.15, 0.2) is 18.3 Å². The summed E-state index contributed by atoms with van der Waals surface area (Å²) in [5.74, 6) is 5.80. The number of hydrogen-bond donors (Lipinski definition) is 2. The second kappa shape index (κ2) is 7.04. The van der Waals surface area contributed by atoms with E-state index in [1.165, 1.54) is 0 Å². The Kier molecular flexibility index (Phi) is 6.01. The fourth-order valence-electron chi connectivity index (χ4n) is 1.56. The number of nitrogens with one attached hydrogen (secondary N) is 1. The molecule has 0 radical (unpaired) electrons. The van der Waals surface area contributed by atoms with Gasteiger partial charge in [-0.1, -0.05) is 18.5 Å². The Balaban J connectivity index is 2.55. The second-order valence-corrected chi connectivity index (χ2v) is 6.91. The summed E-state index contributed by atoms with van der Waals surface area (Å²) in [6.45, 7) is 1.65. The van der Waals surface area contributed by atoms with Gasteiger partial charge in [-0.15, -0.1) is 0 Å². The lowest BCUT2D eigenvalue weighted by molar-refractivity contribution is 0.496. The van der Waals surface area contributed by atoms with Crippen LogP contribution in [-0.4, -0.2) is 24.9 Å². The molecule has 0 aliphatic heterocycles. The van der Waals surface area contributed by atoms with Gasteiger partial charge >= 0.3 is 0 Å². The predicted molar refractivity (Wildman–Crippen MR) is 72.9 cm³/mol. The molecule has 3 N–H and O–H groups in total. The predicted octanol–water partition coefficient (Wildman–Crippen LogP) is 1.45. The maximum Gasteiger partial charge on any atom is 0.150 e. The minimum atomic E-state index is -2.92. The van der Waals surface area contributed by atoms with E-state index in [0.717, 1.165) is 5.69 Å². The standard InChI is InChI=1S/C11H18ClN3O2S/c1-2-18(16,17)7-3-4-11(15-13)10-6-5-9(12)8-14-10/h5-6,8,11,15H,2-4,7,13H2,1H3. The highest BCUT2D eigenvalue weighted by Gasteiger charge is 2.13. The number of hydrazine groups is 1. The number of sulfone groups is 1. The van der Waals surface area contributed by atoms with Gasteiger partial charge in [0.25, 0.3) is 0 Å². The lowest BCUT2D eigenvalue weighted by Crippen LogP contribution is -2.29. The van der Waals surface area contributed by atoms with Gasteiger partial charge in [0.05, 0.1) is 22.5 Å². The summed E-state index contributed by atoms with van der Waals surface area (Å²) in [4.78, 5) is 4.16. The van der Waals surface area contributed by atoms with E-state index < -0.39 is 9.84 Å². The maximum atomic E-state index is 11.4. The number of hydrogen-bond acceptors (Lipinski definition) is 5. The Morgan fingerprint density at radius 3 is 2.72 bits per heavy atom. The molecule has 5 nitrogen and oxygen atoms in total. The van der Waals surface area contributed by atoms with Crippen molar-refractivity contribution < 1.29 is 8.42 Å². The van der Waals surface area contributed by atoms with Crippen molar-refractivity contribution in [3.8, 4) is 0 Å². The molecule has 102 valence electrons. The number of nitrogens with zero attached hydrogens (tertiary/aromatic N) is 1. The molecule has 0 saturated carbocycles. The number of pyridine rings is 1. The summed E-state index contributed by atoms with van der Waals surface area (Å²) in [5.41, 5.74) is 3.40. The van der Waals surface area contributed by atoms with Crippen LogP contribution in [0.4, 0.5) is 0 Å². The highest BCUT2D eigenvalue weighted by atomic mass is 35.5. The van der Waals surface area contributed by atoms with Crippen LogP contribution in [0.25, 0.3) is 0 Å². The van der Waals surface area contributed by atoms with Gasteiger partial charge in [-0.25, -0.2) is 8.42 Å². The second-order valence-electron chi connectivity index (χ2n) is 4.00. The van der Waals surface area contributed by atoms with Crippen LogP contribution < -0.4 is 11.3 Å². The Hall–Kier alpha value is -0.690. The normalized spacial score (nSPS) is 13.5. The Labute approximate surface area is 113 Å². The molecule has 0 bridgehead atoms. The highest BCUT2D eigenvalue weighted by Crippen LogP contribution is 2.17. The summed E-state index contributed by atoms with van der Waals surface area (Å²) in [6.07, 6.45) is 2.71. The summed E-state index contributed by atoms with van der Waals surface area (Å²) >= 11 is 5.75. The zero-order valence-electron chi connectivity index (χ0n) is 10.3. The fraction of sp³-hybridized carbons (Fsp3) is 0.545. The number of halogens is 1. The van der Waals surface area contributed by atoms with Crippen LogP contribution in [0.3, 0.4) is 0 Å². The fourth-order valence-corrected chi connectivity index (χ4v) is 2.57. The van der Waals surface area contributed by atoms with E-state index in [0.29, 0.717) is 17.9 Å². The van der Waals surface area contributed by atoms with Crippen LogP contribution in [0.2, 0.25) is 5.02 Å². The van der Waals surface area contributed by atoms with Crippen LogP contribution >= 0.6 is 11.6 Å². The van der Waals surface area contributed by atoms with Crippen molar-refractivity contribution >= 4 is 21.4 Å². The van der Waals surface area contributed by atoms with E-state index in [1.54, 1.807) is 25.3 Å². The molecule has 1 unspecified atom stereocenters. The summed E-state index contributed by atoms with van der Waals surface area (Å²) in [6, 6.07) is 3.35. The van der Waals surface area contributed by atoms with E-state index >= 15 is 0 Å². The van der Waals surface area contributed by atoms with Crippen molar-refractivity contribution in [3.05, 3.63) is 29.0 Å². The van der Waals surface area contributed by atoms with Gasteiger partial charge < -0.3 is 0 Å². The van der Waals surface area contributed by atoms with Gasteiger partial charge in [0.15, 0.2) is 0 Å². The van der Waals surface area contributed by atoms with Crippen molar-refractivity contribution in [2.24, 2.45) is 5.84 Å². The summed E-state index contributed by atoms with van der Waals surface area (Å²) in [5, 5.41) is 0.558. The zero-order valence-corrected chi connectivity index (χ0v) is 11.8. The lowest BCUT2D eigenvalue weighted by atomic mass is 10.1. The van der Waals surface area contributed by atoms with E-state index in [2.05, 4.69) is 10.4 Å². The Morgan fingerprint density at radius 2 is 2.22 bits per heavy atom. The molecule has 0 amide bonds. The lowest BCUT2D eigenvalue weighted by Gasteiger charge is -2.15. The molecule has 0 fully saturated rings. The van der Waals surface area contributed by atoms with Crippen molar-refractivity contribution in [2.45, 2.75) is 25.8 Å². The molecule has 7 heteroatoms.